The highest BCUT2D eigenvalue weighted by Crippen LogP contribution is 2.17. The number of ether oxygens (including phenoxy) is 1. The van der Waals surface area contributed by atoms with Crippen molar-refractivity contribution in [2.24, 2.45) is 0 Å². The summed E-state index contributed by atoms with van der Waals surface area (Å²) in [7, 11) is 1.74. The van der Waals surface area contributed by atoms with Gasteiger partial charge in [-0.25, -0.2) is 4.98 Å². The summed E-state index contributed by atoms with van der Waals surface area (Å²) >= 11 is 1.46. The van der Waals surface area contributed by atoms with E-state index in [9.17, 15) is 4.79 Å². The van der Waals surface area contributed by atoms with Crippen LogP contribution in [-0.4, -0.2) is 55.7 Å². The smallest absolute Gasteiger partial charge is 0.240 e. The molecule has 0 unspecified atom stereocenters. The van der Waals surface area contributed by atoms with Crippen LogP contribution in [0.4, 0.5) is 5.13 Å². The number of rotatable bonds is 5. The number of nitrogens with zero attached hydrogens (tertiary/aromatic N) is 2. The lowest BCUT2D eigenvalue weighted by molar-refractivity contribution is -0.115. The monoisotopic (exact) mass is 270 g/mol. The molecule has 0 spiro atoms. The number of amides is 1. The molecule has 0 bridgehead atoms. The molecule has 1 saturated heterocycles. The van der Waals surface area contributed by atoms with Gasteiger partial charge in [-0.1, -0.05) is 0 Å². The Morgan fingerprint density at radius 1 is 1.56 bits per heavy atom. The maximum Gasteiger partial charge on any atom is 0.240 e. The number of hydrogen-bond donors (Lipinski definition) is 2. The molecule has 1 amide bonds. The Labute approximate surface area is 110 Å². The molecular formula is C11H18N4O2S. The van der Waals surface area contributed by atoms with Crippen LogP contribution in [0.5, 0.6) is 0 Å². The summed E-state index contributed by atoms with van der Waals surface area (Å²) in [5, 5.41) is 8.22. The molecule has 0 aromatic carbocycles. The quantitative estimate of drug-likeness (QED) is 0.796. The Bertz CT molecular complexity index is 390. The Kier molecular flexibility index (Phi) is 5.06. The van der Waals surface area contributed by atoms with Gasteiger partial charge in [0.25, 0.3) is 0 Å². The first-order chi connectivity index (χ1) is 8.78. The minimum atomic E-state index is -0.0650. The number of morpholine rings is 1. The van der Waals surface area contributed by atoms with Crippen molar-refractivity contribution in [3.63, 3.8) is 0 Å². The molecule has 0 saturated carbocycles. The Morgan fingerprint density at radius 3 is 3.06 bits per heavy atom. The first-order valence-electron chi connectivity index (χ1n) is 5.97. The van der Waals surface area contributed by atoms with Gasteiger partial charge in [0.2, 0.25) is 5.91 Å². The molecule has 1 aromatic rings. The van der Waals surface area contributed by atoms with Crippen LogP contribution in [-0.2, 0) is 16.1 Å². The normalized spacial score (nSPS) is 16.7. The third-order valence-electron chi connectivity index (χ3n) is 2.62. The highest BCUT2D eigenvalue weighted by molar-refractivity contribution is 7.13. The van der Waals surface area contributed by atoms with Crippen LogP contribution in [0, 0.1) is 0 Å². The second-order valence-electron chi connectivity index (χ2n) is 4.11. The van der Waals surface area contributed by atoms with Gasteiger partial charge in [0.05, 0.1) is 25.5 Å². The van der Waals surface area contributed by atoms with Crippen LogP contribution >= 0.6 is 11.3 Å². The van der Waals surface area contributed by atoms with Crippen LogP contribution in [0.1, 0.15) is 5.69 Å². The van der Waals surface area contributed by atoms with Gasteiger partial charge in [0, 0.05) is 25.0 Å². The topological polar surface area (TPSA) is 66.5 Å². The third kappa shape index (κ3) is 4.02. The van der Waals surface area contributed by atoms with Gasteiger partial charge in [0.15, 0.2) is 5.13 Å². The minimum Gasteiger partial charge on any atom is -0.379 e. The van der Waals surface area contributed by atoms with Crippen molar-refractivity contribution < 1.29 is 9.53 Å². The highest BCUT2D eigenvalue weighted by Gasteiger charge is 2.13. The van der Waals surface area contributed by atoms with Crippen molar-refractivity contribution in [2.75, 3.05) is 45.2 Å². The number of thiazole rings is 1. The van der Waals surface area contributed by atoms with Gasteiger partial charge in [-0.3, -0.25) is 9.69 Å². The van der Waals surface area contributed by atoms with E-state index in [1.54, 1.807) is 7.05 Å². The van der Waals surface area contributed by atoms with Gasteiger partial charge in [0.1, 0.15) is 0 Å². The Hall–Kier alpha value is -1.02. The molecule has 1 aliphatic rings. The molecule has 6 nitrogen and oxygen atoms in total. The molecule has 100 valence electrons. The maximum atomic E-state index is 11.4. The predicted octanol–water partition coefficient (Wildman–Crippen LogP) is 0.133. The van der Waals surface area contributed by atoms with E-state index in [4.69, 9.17) is 4.74 Å². The largest absolute Gasteiger partial charge is 0.379 e. The van der Waals surface area contributed by atoms with E-state index in [-0.39, 0.29) is 5.91 Å². The van der Waals surface area contributed by atoms with Crippen molar-refractivity contribution in [2.45, 2.75) is 6.54 Å². The van der Waals surface area contributed by atoms with Crippen LogP contribution < -0.4 is 10.6 Å². The molecule has 2 N–H and O–H groups in total. The number of nitrogens with one attached hydrogen (secondary N) is 2. The van der Waals surface area contributed by atoms with Crippen molar-refractivity contribution >= 4 is 22.4 Å². The van der Waals surface area contributed by atoms with Crippen LogP contribution in [0.25, 0.3) is 0 Å². The molecule has 1 aromatic heterocycles. The van der Waals surface area contributed by atoms with Crippen LogP contribution in [0.3, 0.4) is 0 Å². The van der Waals surface area contributed by atoms with Gasteiger partial charge in [-0.2, -0.15) is 0 Å². The fourth-order valence-electron chi connectivity index (χ4n) is 1.75. The maximum absolute atomic E-state index is 11.4. The summed E-state index contributed by atoms with van der Waals surface area (Å²) in [4.78, 5) is 18.1. The average molecular weight is 270 g/mol. The van der Waals surface area contributed by atoms with Crippen molar-refractivity contribution in [3.8, 4) is 0 Å². The van der Waals surface area contributed by atoms with E-state index >= 15 is 0 Å². The molecule has 18 heavy (non-hydrogen) atoms. The van der Waals surface area contributed by atoms with Crippen molar-refractivity contribution in [1.29, 1.82) is 0 Å². The second-order valence-corrected chi connectivity index (χ2v) is 4.97. The lowest BCUT2D eigenvalue weighted by Crippen LogP contribution is -2.35. The van der Waals surface area contributed by atoms with E-state index in [2.05, 4.69) is 20.5 Å². The molecule has 2 rings (SSSR count). The molecule has 0 aliphatic carbocycles. The number of anilines is 1. The van der Waals surface area contributed by atoms with E-state index in [0.717, 1.165) is 38.5 Å². The zero-order valence-electron chi connectivity index (χ0n) is 10.4. The molecule has 0 radical (unpaired) electrons. The number of carbonyl (C=O) groups excluding carboxylic acids is 1. The van der Waals surface area contributed by atoms with Gasteiger partial charge < -0.3 is 15.4 Å². The van der Waals surface area contributed by atoms with E-state index in [0.29, 0.717) is 11.7 Å². The highest BCUT2D eigenvalue weighted by atomic mass is 32.1. The molecule has 1 fully saturated rings. The van der Waals surface area contributed by atoms with E-state index in [1.165, 1.54) is 11.3 Å². The van der Waals surface area contributed by atoms with Gasteiger partial charge in [-0.05, 0) is 7.05 Å². The lowest BCUT2D eigenvalue weighted by Gasteiger charge is -2.25. The number of likely N-dealkylation sites (N-methyl/N-ethyl adjacent to an activating group) is 1. The third-order valence-corrected chi connectivity index (χ3v) is 3.43. The number of carbonyl (C=O) groups is 1. The predicted molar refractivity (Wildman–Crippen MR) is 70.8 cm³/mol. The fourth-order valence-corrected chi connectivity index (χ4v) is 2.47. The summed E-state index contributed by atoms with van der Waals surface area (Å²) in [6.07, 6.45) is 0. The van der Waals surface area contributed by atoms with Crippen LogP contribution in [0.2, 0.25) is 0 Å². The minimum absolute atomic E-state index is 0.0650. The molecule has 2 heterocycles. The standard InChI is InChI=1S/C11H18N4O2S/c1-12-6-10(16)14-11-13-9(8-18-11)7-15-2-4-17-5-3-15/h8,12H,2-7H2,1H3,(H,13,14,16). The molecular weight excluding hydrogens is 252 g/mol. The van der Waals surface area contributed by atoms with E-state index < -0.39 is 0 Å². The second kappa shape index (κ2) is 6.79. The summed E-state index contributed by atoms with van der Waals surface area (Å²) in [5.74, 6) is -0.0650. The summed E-state index contributed by atoms with van der Waals surface area (Å²) in [5.41, 5.74) is 1.00. The van der Waals surface area contributed by atoms with Gasteiger partial charge in [-0.15, -0.1) is 11.3 Å². The molecule has 0 atom stereocenters. The van der Waals surface area contributed by atoms with Crippen molar-refractivity contribution in [3.05, 3.63) is 11.1 Å². The van der Waals surface area contributed by atoms with E-state index in [1.807, 2.05) is 5.38 Å². The van der Waals surface area contributed by atoms with Crippen molar-refractivity contribution in [1.82, 2.24) is 15.2 Å². The first-order valence-corrected chi connectivity index (χ1v) is 6.85. The summed E-state index contributed by atoms with van der Waals surface area (Å²) < 4.78 is 5.30. The Morgan fingerprint density at radius 2 is 2.33 bits per heavy atom. The fraction of sp³-hybridized carbons (Fsp3) is 0.636. The summed E-state index contributed by atoms with van der Waals surface area (Å²) in [6, 6.07) is 0. The number of aromatic nitrogens is 1. The van der Waals surface area contributed by atoms with Crippen LogP contribution in [0.15, 0.2) is 5.38 Å². The lowest BCUT2D eigenvalue weighted by atomic mass is 10.4. The Balaban J connectivity index is 1.83. The zero-order valence-corrected chi connectivity index (χ0v) is 11.3. The van der Waals surface area contributed by atoms with Gasteiger partial charge >= 0.3 is 0 Å². The number of hydrogen-bond acceptors (Lipinski definition) is 6. The molecule has 1 aliphatic heterocycles. The average Bonchev–Trinajstić information content (AvgIpc) is 2.78. The SMILES string of the molecule is CNCC(=O)Nc1nc(CN2CCOCC2)cs1. The summed E-state index contributed by atoms with van der Waals surface area (Å²) in [6.45, 7) is 4.59. The zero-order chi connectivity index (χ0) is 12.8. The first kappa shape index (κ1) is 13.4. The molecule has 7 heteroatoms.